The third-order valence-electron chi connectivity index (χ3n) is 2.51. The van der Waals surface area contributed by atoms with Crippen LogP contribution < -0.4 is 0 Å². The zero-order valence-corrected chi connectivity index (χ0v) is 12.4. The summed E-state index contributed by atoms with van der Waals surface area (Å²) in [5.74, 6) is 0.820. The van der Waals surface area contributed by atoms with Gasteiger partial charge in [-0.25, -0.2) is 0 Å². The lowest BCUT2D eigenvalue weighted by molar-refractivity contribution is 0.147. The van der Waals surface area contributed by atoms with Crippen molar-refractivity contribution in [1.82, 2.24) is 0 Å². The molecule has 2 nitrogen and oxygen atoms in total. The topological polar surface area (TPSA) is 29.5 Å². The van der Waals surface area contributed by atoms with E-state index >= 15 is 0 Å². The van der Waals surface area contributed by atoms with Crippen molar-refractivity contribution in [2.24, 2.45) is 0 Å². The summed E-state index contributed by atoms with van der Waals surface area (Å²) >= 11 is 4.07. The Kier molecular flexibility index (Phi) is 5.34. The van der Waals surface area contributed by atoms with Crippen molar-refractivity contribution in [2.75, 3.05) is 12.4 Å². The molecule has 2 rings (SSSR count). The lowest BCUT2D eigenvalue weighted by Crippen LogP contribution is -2.01. The van der Waals surface area contributed by atoms with Crippen LogP contribution in [0.1, 0.15) is 12.0 Å². The molecule has 0 amide bonds. The van der Waals surface area contributed by atoms with E-state index in [-0.39, 0.29) is 6.10 Å². The molecule has 1 aromatic carbocycles. The van der Waals surface area contributed by atoms with E-state index in [4.69, 9.17) is 4.74 Å². The molecule has 0 saturated carbocycles. The van der Waals surface area contributed by atoms with Crippen LogP contribution in [-0.2, 0) is 11.3 Å². The number of benzene rings is 1. The zero-order valence-electron chi connectivity index (χ0n) is 9.43. The minimum Gasteiger partial charge on any atom is -0.392 e. The van der Waals surface area contributed by atoms with E-state index in [1.54, 1.807) is 11.8 Å². The number of aliphatic hydroxyl groups is 1. The number of rotatable bonds is 4. The lowest BCUT2D eigenvalue weighted by atomic mass is 10.2. The van der Waals surface area contributed by atoms with Crippen molar-refractivity contribution in [2.45, 2.75) is 19.1 Å². The van der Waals surface area contributed by atoms with Gasteiger partial charge in [-0.3, -0.25) is 0 Å². The van der Waals surface area contributed by atoms with E-state index in [1.807, 2.05) is 18.2 Å². The smallest absolute Gasteiger partial charge is 0.0786 e. The molecule has 17 heavy (non-hydrogen) atoms. The highest BCUT2D eigenvalue weighted by Crippen LogP contribution is 2.35. The van der Waals surface area contributed by atoms with Crippen LogP contribution in [0.25, 0.3) is 0 Å². The van der Waals surface area contributed by atoms with Crippen molar-refractivity contribution < 1.29 is 9.84 Å². The van der Waals surface area contributed by atoms with Crippen LogP contribution in [0.2, 0.25) is 0 Å². The van der Waals surface area contributed by atoms with E-state index in [9.17, 15) is 5.11 Å². The Balaban J connectivity index is 1.79. The van der Waals surface area contributed by atoms with Crippen molar-refractivity contribution in [3.8, 4) is 0 Å². The predicted octanol–water partition coefficient (Wildman–Crippen LogP) is 3.35. The third-order valence-corrected chi connectivity index (χ3v) is 5.16. The molecule has 1 atom stereocenters. The van der Waals surface area contributed by atoms with Crippen LogP contribution in [0.5, 0.6) is 0 Å². The minimum absolute atomic E-state index is 0.172. The van der Waals surface area contributed by atoms with Gasteiger partial charge in [0.15, 0.2) is 0 Å². The number of hydrogen-bond donors (Lipinski definition) is 1. The molecule has 0 bridgehead atoms. The van der Waals surface area contributed by atoms with Crippen LogP contribution in [0.3, 0.4) is 0 Å². The summed E-state index contributed by atoms with van der Waals surface area (Å²) in [6.45, 7) is 1.29. The standard InChI is InChI=1S/C13H15IO2S/c14-12(13-6-11(15)9-17-13)8-16-7-10-4-2-1-3-5-10/h1-5,11,15H,6-9H2/b13-12+. The fourth-order valence-corrected chi connectivity index (χ4v) is 3.58. The first-order valence-corrected chi connectivity index (χ1v) is 7.62. The van der Waals surface area contributed by atoms with Crippen LogP contribution in [0, 0.1) is 0 Å². The average Bonchev–Trinajstić information content (AvgIpc) is 2.77. The largest absolute Gasteiger partial charge is 0.392 e. The Morgan fingerprint density at radius 2 is 2.18 bits per heavy atom. The van der Waals surface area contributed by atoms with Crippen molar-refractivity contribution in [3.63, 3.8) is 0 Å². The molecule has 1 N–H and O–H groups in total. The molecule has 1 aromatic rings. The summed E-state index contributed by atoms with van der Waals surface area (Å²) in [5, 5.41) is 9.45. The number of aliphatic hydroxyl groups excluding tert-OH is 1. The Bertz CT molecular complexity index is 392. The molecule has 1 aliphatic rings. The Morgan fingerprint density at radius 3 is 2.82 bits per heavy atom. The van der Waals surface area contributed by atoms with Gasteiger partial charge in [-0.1, -0.05) is 30.3 Å². The maximum atomic E-state index is 9.45. The van der Waals surface area contributed by atoms with Gasteiger partial charge in [0.2, 0.25) is 0 Å². The van der Waals surface area contributed by atoms with Gasteiger partial charge < -0.3 is 9.84 Å². The first kappa shape index (κ1) is 13.4. The molecule has 1 aliphatic heterocycles. The summed E-state index contributed by atoms with van der Waals surface area (Å²) in [5.41, 5.74) is 1.20. The first-order valence-electron chi connectivity index (χ1n) is 5.56. The first-order chi connectivity index (χ1) is 8.25. The summed E-state index contributed by atoms with van der Waals surface area (Å²) < 4.78 is 6.89. The summed E-state index contributed by atoms with van der Waals surface area (Å²) in [6.07, 6.45) is 0.617. The zero-order chi connectivity index (χ0) is 12.1. The van der Waals surface area contributed by atoms with Gasteiger partial charge >= 0.3 is 0 Å². The highest BCUT2D eigenvalue weighted by atomic mass is 127. The molecule has 0 aromatic heterocycles. The van der Waals surface area contributed by atoms with E-state index in [0.29, 0.717) is 13.2 Å². The molecule has 1 saturated heterocycles. The highest BCUT2D eigenvalue weighted by molar-refractivity contribution is 14.1. The Morgan fingerprint density at radius 1 is 1.41 bits per heavy atom. The van der Waals surface area contributed by atoms with Crippen molar-refractivity contribution in [1.29, 1.82) is 0 Å². The maximum Gasteiger partial charge on any atom is 0.0786 e. The summed E-state index contributed by atoms with van der Waals surface area (Å²) in [4.78, 5) is 1.28. The monoisotopic (exact) mass is 362 g/mol. The SMILES string of the molecule is OC1CS/C(=C(/I)COCc2ccccc2)C1. The molecular formula is C13H15IO2S. The summed E-state index contributed by atoms with van der Waals surface area (Å²) in [7, 11) is 0. The van der Waals surface area contributed by atoms with Gasteiger partial charge in [0.25, 0.3) is 0 Å². The van der Waals surface area contributed by atoms with Crippen LogP contribution in [0.15, 0.2) is 38.8 Å². The van der Waals surface area contributed by atoms with E-state index in [2.05, 4.69) is 34.7 Å². The predicted molar refractivity (Wildman–Crippen MR) is 80.2 cm³/mol. The van der Waals surface area contributed by atoms with Crippen LogP contribution in [0.4, 0.5) is 0 Å². The number of hydrogen-bond acceptors (Lipinski definition) is 3. The van der Waals surface area contributed by atoms with Crippen molar-refractivity contribution in [3.05, 3.63) is 44.4 Å². The summed E-state index contributed by atoms with van der Waals surface area (Å²) in [6, 6.07) is 10.2. The molecule has 92 valence electrons. The lowest BCUT2D eigenvalue weighted by Gasteiger charge is -2.06. The van der Waals surface area contributed by atoms with E-state index in [1.165, 1.54) is 14.0 Å². The average molecular weight is 362 g/mol. The Hall–Kier alpha value is -0.0400. The highest BCUT2D eigenvalue weighted by Gasteiger charge is 2.19. The number of ether oxygens (including phenoxy) is 1. The molecule has 1 unspecified atom stereocenters. The molecule has 0 spiro atoms. The van der Waals surface area contributed by atoms with Crippen molar-refractivity contribution >= 4 is 34.4 Å². The molecular weight excluding hydrogens is 347 g/mol. The van der Waals surface area contributed by atoms with Gasteiger partial charge in [0.05, 0.1) is 19.3 Å². The fraction of sp³-hybridized carbons (Fsp3) is 0.385. The maximum absolute atomic E-state index is 9.45. The second-order valence-corrected chi connectivity index (χ2v) is 6.39. The number of halogens is 1. The quantitative estimate of drug-likeness (QED) is 0.834. The second-order valence-electron chi connectivity index (χ2n) is 3.98. The normalized spacial score (nSPS) is 22.8. The molecule has 1 fully saturated rings. The van der Waals surface area contributed by atoms with E-state index < -0.39 is 0 Å². The van der Waals surface area contributed by atoms with Gasteiger partial charge in [-0.2, -0.15) is 0 Å². The van der Waals surface area contributed by atoms with Gasteiger partial charge in [-0.05, 0) is 33.1 Å². The van der Waals surface area contributed by atoms with Gasteiger partial charge in [-0.15, -0.1) is 11.8 Å². The molecule has 0 aliphatic carbocycles. The van der Waals surface area contributed by atoms with Gasteiger partial charge in [0.1, 0.15) is 0 Å². The second kappa shape index (κ2) is 6.78. The molecule has 4 heteroatoms. The molecule has 0 radical (unpaired) electrons. The Labute approximate surface area is 120 Å². The fourth-order valence-electron chi connectivity index (χ4n) is 1.63. The van der Waals surface area contributed by atoms with Gasteiger partial charge in [0, 0.05) is 15.8 Å². The van der Waals surface area contributed by atoms with E-state index in [0.717, 1.165) is 12.2 Å². The van der Waals surface area contributed by atoms with Crippen LogP contribution >= 0.6 is 34.4 Å². The van der Waals surface area contributed by atoms with Crippen LogP contribution in [-0.4, -0.2) is 23.6 Å². The molecule has 1 heterocycles. The number of thioether (sulfide) groups is 1. The minimum atomic E-state index is -0.172. The third kappa shape index (κ3) is 4.28.